The lowest BCUT2D eigenvalue weighted by atomic mass is 9.75. The number of nitrogens with zero attached hydrogens (tertiary/aromatic N) is 4. The Morgan fingerprint density at radius 1 is 1.55 bits per heavy atom. The van der Waals surface area contributed by atoms with E-state index in [0.29, 0.717) is 6.04 Å². The molecule has 0 bridgehead atoms. The third-order valence-electron chi connectivity index (χ3n) is 4.77. The molecule has 0 spiro atoms. The second-order valence-corrected chi connectivity index (χ2v) is 6.70. The van der Waals surface area contributed by atoms with Crippen LogP contribution in [0.25, 0.3) is 0 Å². The van der Waals surface area contributed by atoms with E-state index in [0.717, 1.165) is 24.8 Å². The summed E-state index contributed by atoms with van der Waals surface area (Å²) in [7, 11) is 2.18. The highest BCUT2D eigenvalue weighted by Crippen LogP contribution is 2.36. The fourth-order valence-electron chi connectivity index (χ4n) is 3.52. The topological polar surface area (TPSA) is 60.0 Å². The van der Waals surface area contributed by atoms with Gasteiger partial charge in [-0.25, -0.2) is 9.67 Å². The number of hydrogen-bond donors (Lipinski definition) is 1. The molecule has 2 unspecified atom stereocenters. The van der Waals surface area contributed by atoms with Gasteiger partial charge >= 0.3 is 0 Å². The molecule has 2 rings (SSSR count). The summed E-state index contributed by atoms with van der Waals surface area (Å²) in [5, 5.41) is 4.33. The molecule has 1 aromatic rings. The third kappa shape index (κ3) is 3.04. The molecule has 1 aromatic heterocycles. The van der Waals surface area contributed by atoms with Gasteiger partial charge in [0.25, 0.3) is 0 Å². The quantitative estimate of drug-likeness (QED) is 0.897. The van der Waals surface area contributed by atoms with Gasteiger partial charge < -0.3 is 5.73 Å². The van der Waals surface area contributed by atoms with Gasteiger partial charge in [-0.15, -0.1) is 0 Å². The average molecular weight is 279 g/mol. The number of nitrogens with two attached hydrogens (primary N) is 1. The van der Waals surface area contributed by atoms with Crippen LogP contribution in [0.5, 0.6) is 0 Å². The molecule has 1 aliphatic carbocycles. The number of rotatable bonds is 5. The smallest absolute Gasteiger partial charge is 0.141 e. The van der Waals surface area contributed by atoms with Crippen LogP contribution in [0.2, 0.25) is 0 Å². The Morgan fingerprint density at radius 3 is 2.90 bits per heavy atom. The van der Waals surface area contributed by atoms with Crippen molar-refractivity contribution >= 4 is 0 Å². The van der Waals surface area contributed by atoms with E-state index in [1.807, 2.05) is 4.68 Å². The minimum absolute atomic E-state index is 0.130. The van der Waals surface area contributed by atoms with E-state index in [1.54, 1.807) is 6.33 Å². The zero-order chi connectivity index (χ0) is 14.8. The van der Waals surface area contributed by atoms with Crippen molar-refractivity contribution in [1.82, 2.24) is 19.7 Å². The van der Waals surface area contributed by atoms with Gasteiger partial charge in [0.2, 0.25) is 0 Å². The van der Waals surface area contributed by atoms with E-state index in [4.69, 9.17) is 5.73 Å². The number of aromatic nitrogens is 3. The standard InChI is InChI=1S/C15H29N5/c1-12(2)20-14(17-11-18-20)9-19(4)15(10-16)7-5-6-13(3)8-15/h11-13H,5-10,16H2,1-4H3. The van der Waals surface area contributed by atoms with Crippen molar-refractivity contribution in [1.29, 1.82) is 0 Å². The van der Waals surface area contributed by atoms with Crippen LogP contribution in [0.3, 0.4) is 0 Å². The molecule has 1 fully saturated rings. The summed E-state index contributed by atoms with van der Waals surface area (Å²) in [6.07, 6.45) is 6.65. The highest BCUT2D eigenvalue weighted by molar-refractivity contribution is 4.97. The Kier molecular flexibility index (Phi) is 4.81. The van der Waals surface area contributed by atoms with E-state index in [-0.39, 0.29) is 5.54 Å². The van der Waals surface area contributed by atoms with E-state index in [1.165, 1.54) is 25.7 Å². The maximum Gasteiger partial charge on any atom is 0.141 e. The molecule has 0 amide bonds. The SMILES string of the molecule is CC1CCCC(CN)(N(C)Cc2ncnn2C(C)C)C1. The van der Waals surface area contributed by atoms with Crippen LogP contribution in [-0.2, 0) is 6.54 Å². The number of hydrogen-bond acceptors (Lipinski definition) is 4. The zero-order valence-corrected chi connectivity index (χ0v) is 13.3. The van der Waals surface area contributed by atoms with Gasteiger partial charge in [0.1, 0.15) is 12.2 Å². The van der Waals surface area contributed by atoms with Crippen molar-refractivity contribution in [2.24, 2.45) is 11.7 Å². The summed E-state index contributed by atoms with van der Waals surface area (Å²) in [5.41, 5.74) is 6.27. The zero-order valence-electron chi connectivity index (χ0n) is 13.3. The lowest BCUT2D eigenvalue weighted by Gasteiger charge is -2.46. The van der Waals surface area contributed by atoms with Gasteiger partial charge in [0.15, 0.2) is 0 Å². The molecule has 114 valence electrons. The maximum atomic E-state index is 6.14. The minimum atomic E-state index is 0.130. The molecule has 2 N–H and O–H groups in total. The fourth-order valence-corrected chi connectivity index (χ4v) is 3.52. The Morgan fingerprint density at radius 2 is 2.30 bits per heavy atom. The van der Waals surface area contributed by atoms with Gasteiger partial charge in [0.05, 0.1) is 6.54 Å². The fraction of sp³-hybridized carbons (Fsp3) is 0.867. The normalized spacial score (nSPS) is 27.4. The minimum Gasteiger partial charge on any atom is -0.329 e. The molecule has 0 aliphatic heterocycles. The van der Waals surface area contributed by atoms with Crippen molar-refractivity contribution in [2.75, 3.05) is 13.6 Å². The van der Waals surface area contributed by atoms with Crippen molar-refractivity contribution in [2.45, 2.75) is 64.6 Å². The molecule has 1 saturated carbocycles. The van der Waals surface area contributed by atoms with E-state index in [2.05, 4.69) is 42.8 Å². The highest BCUT2D eigenvalue weighted by Gasteiger charge is 2.37. The van der Waals surface area contributed by atoms with Gasteiger partial charge in [-0.3, -0.25) is 4.90 Å². The summed E-state index contributed by atoms with van der Waals surface area (Å²) >= 11 is 0. The highest BCUT2D eigenvalue weighted by atomic mass is 15.4. The Balaban J connectivity index is 2.13. The Labute approximate surface area is 122 Å². The second kappa shape index (κ2) is 6.22. The van der Waals surface area contributed by atoms with Crippen molar-refractivity contribution < 1.29 is 0 Å². The predicted molar refractivity (Wildman–Crippen MR) is 81.3 cm³/mol. The third-order valence-corrected chi connectivity index (χ3v) is 4.77. The largest absolute Gasteiger partial charge is 0.329 e. The Bertz CT molecular complexity index is 428. The van der Waals surface area contributed by atoms with Crippen molar-refractivity contribution in [3.63, 3.8) is 0 Å². The lowest BCUT2D eigenvalue weighted by Crippen LogP contribution is -2.54. The van der Waals surface area contributed by atoms with Crippen LogP contribution in [0, 0.1) is 5.92 Å². The molecular formula is C15H29N5. The van der Waals surface area contributed by atoms with Crippen LogP contribution < -0.4 is 5.73 Å². The van der Waals surface area contributed by atoms with Crippen LogP contribution in [-0.4, -0.2) is 38.8 Å². The lowest BCUT2D eigenvalue weighted by molar-refractivity contribution is 0.0520. The van der Waals surface area contributed by atoms with Crippen molar-refractivity contribution in [3.05, 3.63) is 12.2 Å². The molecule has 2 atom stereocenters. The first-order chi connectivity index (χ1) is 9.48. The van der Waals surface area contributed by atoms with Gasteiger partial charge in [-0.05, 0) is 39.7 Å². The first kappa shape index (κ1) is 15.4. The summed E-state index contributed by atoms with van der Waals surface area (Å²) < 4.78 is 2.01. The summed E-state index contributed by atoms with van der Waals surface area (Å²) in [6.45, 7) is 8.17. The monoisotopic (exact) mass is 279 g/mol. The first-order valence-electron chi connectivity index (χ1n) is 7.78. The summed E-state index contributed by atoms with van der Waals surface area (Å²) in [4.78, 5) is 6.83. The van der Waals surface area contributed by atoms with Gasteiger partial charge in [-0.1, -0.05) is 19.8 Å². The van der Waals surface area contributed by atoms with Crippen LogP contribution in [0.4, 0.5) is 0 Å². The molecule has 1 aliphatic rings. The first-order valence-corrected chi connectivity index (χ1v) is 7.78. The molecule has 20 heavy (non-hydrogen) atoms. The molecule has 0 aromatic carbocycles. The second-order valence-electron chi connectivity index (χ2n) is 6.70. The van der Waals surface area contributed by atoms with Crippen LogP contribution in [0.1, 0.15) is 58.3 Å². The van der Waals surface area contributed by atoms with E-state index in [9.17, 15) is 0 Å². The van der Waals surface area contributed by atoms with E-state index < -0.39 is 0 Å². The van der Waals surface area contributed by atoms with Gasteiger partial charge in [0, 0.05) is 18.1 Å². The molecule has 1 heterocycles. The molecular weight excluding hydrogens is 250 g/mol. The van der Waals surface area contributed by atoms with Crippen LogP contribution in [0.15, 0.2) is 6.33 Å². The molecule has 0 saturated heterocycles. The number of likely N-dealkylation sites (N-methyl/N-ethyl adjacent to an activating group) is 1. The maximum absolute atomic E-state index is 6.14. The average Bonchev–Trinajstić information content (AvgIpc) is 2.86. The van der Waals surface area contributed by atoms with Crippen molar-refractivity contribution in [3.8, 4) is 0 Å². The van der Waals surface area contributed by atoms with Gasteiger partial charge in [-0.2, -0.15) is 5.10 Å². The predicted octanol–water partition coefficient (Wildman–Crippen LogP) is 2.20. The summed E-state index contributed by atoms with van der Waals surface area (Å²) in [6, 6.07) is 0.347. The Hall–Kier alpha value is -0.940. The molecule has 0 radical (unpaired) electrons. The van der Waals surface area contributed by atoms with E-state index >= 15 is 0 Å². The molecule has 5 heteroatoms. The summed E-state index contributed by atoms with van der Waals surface area (Å²) in [5.74, 6) is 1.80. The van der Waals surface area contributed by atoms with Crippen LogP contribution >= 0.6 is 0 Å². The molecule has 5 nitrogen and oxygen atoms in total.